The van der Waals surface area contributed by atoms with Gasteiger partial charge in [-0.2, -0.15) is 0 Å². The Morgan fingerprint density at radius 1 is 1.42 bits per heavy atom. The van der Waals surface area contributed by atoms with Gasteiger partial charge in [-0.3, -0.25) is 4.90 Å². The lowest BCUT2D eigenvalue weighted by Gasteiger charge is -2.22. The number of nitrogens with zero attached hydrogens (tertiary/aromatic N) is 1. The van der Waals surface area contributed by atoms with E-state index >= 15 is 0 Å². The van der Waals surface area contributed by atoms with Gasteiger partial charge < -0.3 is 14.8 Å². The Labute approximate surface area is 113 Å². The molecular formula is C13H19BFNO3. The third-order valence-corrected chi connectivity index (χ3v) is 3.22. The molecule has 6 heteroatoms. The summed E-state index contributed by atoms with van der Waals surface area (Å²) in [6.07, 6.45) is 1.12. The molecule has 1 aromatic rings. The lowest BCUT2D eigenvalue weighted by Crippen LogP contribution is -2.33. The quantitative estimate of drug-likeness (QED) is 0.764. The van der Waals surface area contributed by atoms with Crippen LogP contribution < -0.4 is 5.46 Å². The molecule has 19 heavy (non-hydrogen) atoms. The molecule has 2 rings (SSSR count). The molecule has 0 saturated carbocycles. The fraction of sp³-hybridized carbons (Fsp3) is 0.538. The normalized spacial score (nSPS) is 21.2. The highest BCUT2D eigenvalue weighted by molar-refractivity contribution is 6.58. The molecule has 1 unspecified atom stereocenters. The number of hydrogen-bond acceptors (Lipinski definition) is 4. The van der Waals surface area contributed by atoms with E-state index < -0.39 is 12.9 Å². The highest BCUT2D eigenvalue weighted by atomic mass is 19.1. The van der Waals surface area contributed by atoms with Crippen LogP contribution in [0.5, 0.6) is 0 Å². The average molecular weight is 267 g/mol. The van der Waals surface area contributed by atoms with Crippen molar-refractivity contribution in [3.8, 4) is 0 Å². The zero-order chi connectivity index (χ0) is 13.8. The summed E-state index contributed by atoms with van der Waals surface area (Å²) in [5.41, 5.74) is 0.936. The second-order valence-electron chi connectivity index (χ2n) is 5.04. The summed E-state index contributed by atoms with van der Waals surface area (Å²) in [6.45, 7) is 5.06. The average Bonchev–Trinajstić information content (AvgIpc) is 2.52. The van der Waals surface area contributed by atoms with Gasteiger partial charge in [0.15, 0.2) is 0 Å². The highest BCUT2D eigenvalue weighted by Crippen LogP contribution is 2.11. The molecule has 1 aliphatic rings. The Bertz CT molecular complexity index is 430. The van der Waals surface area contributed by atoms with Crippen molar-refractivity contribution in [3.63, 3.8) is 0 Å². The summed E-state index contributed by atoms with van der Waals surface area (Å²) in [7, 11) is -1.64. The first-order valence-corrected chi connectivity index (χ1v) is 6.54. The van der Waals surface area contributed by atoms with E-state index in [9.17, 15) is 4.39 Å². The van der Waals surface area contributed by atoms with Gasteiger partial charge in [-0.1, -0.05) is 6.07 Å². The molecule has 1 aliphatic heterocycles. The zero-order valence-corrected chi connectivity index (χ0v) is 11.1. The predicted octanol–water partition coefficient (Wildman–Crippen LogP) is 0.116. The Morgan fingerprint density at radius 2 is 2.21 bits per heavy atom. The fourth-order valence-corrected chi connectivity index (χ4v) is 2.40. The van der Waals surface area contributed by atoms with Gasteiger partial charge in [0.05, 0.1) is 6.10 Å². The van der Waals surface area contributed by atoms with Crippen LogP contribution in [0.15, 0.2) is 18.2 Å². The van der Waals surface area contributed by atoms with Gasteiger partial charge in [0, 0.05) is 26.2 Å². The molecular weight excluding hydrogens is 248 g/mol. The fourth-order valence-electron chi connectivity index (χ4n) is 2.40. The van der Waals surface area contributed by atoms with Crippen LogP contribution in [0.4, 0.5) is 4.39 Å². The van der Waals surface area contributed by atoms with Crippen molar-refractivity contribution < 1.29 is 19.2 Å². The first-order chi connectivity index (χ1) is 9.04. The monoisotopic (exact) mass is 267 g/mol. The maximum atomic E-state index is 13.4. The Kier molecular flexibility index (Phi) is 4.93. The van der Waals surface area contributed by atoms with Gasteiger partial charge in [-0.25, -0.2) is 4.39 Å². The number of halogens is 1. The molecule has 0 spiro atoms. The number of hydrogen-bond donors (Lipinski definition) is 2. The lowest BCUT2D eigenvalue weighted by molar-refractivity contribution is 0.0668. The molecule has 1 heterocycles. The summed E-state index contributed by atoms with van der Waals surface area (Å²) in [5, 5.41) is 18.2. The maximum Gasteiger partial charge on any atom is 0.488 e. The van der Waals surface area contributed by atoms with E-state index in [1.807, 2.05) is 6.92 Å². The second-order valence-corrected chi connectivity index (χ2v) is 5.04. The van der Waals surface area contributed by atoms with Crippen LogP contribution in [0.25, 0.3) is 0 Å². The molecule has 1 fully saturated rings. The third-order valence-electron chi connectivity index (χ3n) is 3.22. The topological polar surface area (TPSA) is 52.9 Å². The molecule has 0 amide bonds. The second kappa shape index (κ2) is 6.48. The van der Waals surface area contributed by atoms with Gasteiger partial charge in [-0.15, -0.1) is 0 Å². The van der Waals surface area contributed by atoms with E-state index in [1.54, 1.807) is 6.07 Å². The Hall–Kier alpha value is -0.945. The SMILES string of the molecule is CC1CN(Cc2cc(F)cc(B(O)O)c2)CCCO1. The van der Waals surface area contributed by atoms with E-state index in [1.165, 1.54) is 6.07 Å². The summed E-state index contributed by atoms with van der Waals surface area (Å²) in [4.78, 5) is 2.19. The first kappa shape index (κ1) is 14.5. The molecule has 2 N–H and O–H groups in total. The van der Waals surface area contributed by atoms with E-state index in [0.717, 1.165) is 37.7 Å². The summed E-state index contributed by atoms with van der Waals surface area (Å²) in [5.74, 6) is -0.445. The molecule has 0 bridgehead atoms. The minimum Gasteiger partial charge on any atom is -0.423 e. The minimum atomic E-state index is -1.64. The van der Waals surface area contributed by atoms with Crippen LogP contribution in [0.3, 0.4) is 0 Å². The molecule has 4 nitrogen and oxygen atoms in total. The lowest BCUT2D eigenvalue weighted by atomic mass is 9.79. The van der Waals surface area contributed by atoms with Crippen LogP contribution in [-0.2, 0) is 11.3 Å². The zero-order valence-electron chi connectivity index (χ0n) is 11.1. The smallest absolute Gasteiger partial charge is 0.423 e. The van der Waals surface area contributed by atoms with E-state index in [0.29, 0.717) is 6.54 Å². The third kappa shape index (κ3) is 4.28. The van der Waals surface area contributed by atoms with E-state index in [2.05, 4.69) is 4.90 Å². The van der Waals surface area contributed by atoms with Crippen LogP contribution in [0, 0.1) is 5.82 Å². The van der Waals surface area contributed by atoms with Crippen molar-refractivity contribution in [1.82, 2.24) is 4.90 Å². The van der Waals surface area contributed by atoms with E-state index in [-0.39, 0.29) is 11.6 Å². The van der Waals surface area contributed by atoms with Crippen molar-refractivity contribution in [2.24, 2.45) is 0 Å². The molecule has 1 aromatic carbocycles. The van der Waals surface area contributed by atoms with Crippen molar-refractivity contribution in [1.29, 1.82) is 0 Å². The van der Waals surface area contributed by atoms with Gasteiger partial charge in [0.2, 0.25) is 0 Å². The summed E-state index contributed by atoms with van der Waals surface area (Å²) < 4.78 is 19.0. The maximum absolute atomic E-state index is 13.4. The van der Waals surface area contributed by atoms with E-state index in [4.69, 9.17) is 14.8 Å². The number of benzene rings is 1. The predicted molar refractivity (Wildman–Crippen MR) is 71.5 cm³/mol. The Balaban J connectivity index is 2.09. The molecule has 1 saturated heterocycles. The molecule has 104 valence electrons. The van der Waals surface area contributed by atoms with Crippen LogP contribution in [0.2, 0.25) is 0 Å². The van der Waals surface area contributed by atoms with Crippen molar-refractivity contribution in [2.45, 2.75) is 26.0 Å². The number of rotatable bonds is 3. The standard InChI is InChI=1S/C13H19BFNO3/c1-10-8-16(3-2-4-19-10)9-11-5-12(14(17)18)7-13(15)6-11/h5-7,10,17-18H,2-4,8-9H2,1H3. The number of ether oxygens (including phenoxy) is 1. The molecule has 0 radical (unpaired) electrons. The highest BCUT2D eigenvalue weighted by Gasteiger charge is 2.17. The van der Waals surface area contributed by atoms with Crippen LogP contribution >= 0.6 is 0 Å². The van der Waals surface area contributed by atoms with Gasteiger partial charge in [-0.05, 0) is 36.5 Å². The minimum absolute atomic E-state index is 0.166. The van der Waals surface area contributed by atoms with Crippen molar-refractivity contribution in [2.75, 3.05) is 19.7 Å². The van der Waals surface area contributed by atoms with Gasteiger partial charge in [0.25, 0.3) is 0 Å². The first-order valence-electron chi connectivity index (χ1n) is 6.54. The Morgan fingerprint density at radius 3 is 2.95 bits per heavy atom. The van der Waals surface area contributed by atoms with Crippen molar-refractivity contribution in [3.05, 3.63) is 29.6 Å². The van der Waals surface area contributed by atoms with Gasteiger partial charge >= 0.3 is 7.12 Å². The largest absolute Gasteiger partial charge is 0.488 e. The van der Waals surface area contributed by atoms with Crippen molar-refractivity contribution >= 4 is 12.6 Å². The van der Waals surface area contributed by atoms with Gasteiger partial charge in [0.1, 0.15) is 5.82 Å². The molecule has 0 aromatic heterocycles. The summed E-state index contributed by atoms with van der Waals surface area (Å²) in [6, 6.07) is 4.20. The summed E-state index contributed by atoms with van der Waals surface area (Å²) >= 11 is 0. The molecule has 0 aliphatic carbocycles. The van der Waals surface area contributed by atoms with Crippen LogP contribution in [-0.4, -0.2) is 47.9 Å². The molecule has 1 atom stereocenters. The van der Waals surface area contributed by atoms with Crippen LogP contribution in [0.1, 0.15) is 18.9 Å².